The third kappa shape index (κ3) is 4.33. The normalized spacial score (nSPS) is 21.9. The van der Waals surface area contributed by atoms with Crippen LogP contribution in [-0.4, -0.2) is 49.4 Å². The van der Waals surface area contributed by atoms with Gasteiger partial charge in [0.15, 0.2) is 0 Å². The first-order chi connectivity index (χ1) is 12.0. The highest BCUT2D eigenvalue weighted by molar-refractivity contribution is 5.96. The van der Waals surface area contributed by atoms with Crippen LogP contribution < -0.4 is 10.2 Å². The van der Waals surface area contributed by atoms with Crippen LogP contribution in [0.2, 0.25) is 0 Å². The van der Waals surface area contributed by atoms with Gasteiger partial charge in [0, 0.05) is 44.4 Å². The molecule has 1 aromatic carbocycles. The molecule has 1 aliphatic carbocycles. The van der Waals surface area contributed by atoms with Crippen molar-refractivity contribution in [3.63, 3.8) is 0 Å². The van der Waals surface area contributed by atoms with Crippen molar-refractivity contribution in [2.24, 2.45) is 0 Å². The number of anilines is 1. The molecule has 5 nitrogen and oxygen atoms in total. The highest BCUT2D eigenvalue weighted by Gasteiger charge is 2.35. The number of rotatable bonds is 4. The molecule has 0 radical (unpaired) electrons. The van der Waals surface area contributed by atoms with E-state index in [0.717, 1.165) is 18.5 Å². The standard InChI is InChI=1S/C20H29N3O2/c1-22(2)18-11-7-8-15(12-18)20(25)21-16-13-19(24)23(14-16)17-9-5-3-4-6-10-17/h7-8,11-12,16-17H,3-6,9-10,13-14H2,1-2H3,(H,21,25). The number of hydrogen-bond acceptors (Lipinski definition) is 3. The van der Waals surface area contributed by atoms with Gasteiger partial charge in [-0.05, 0) is 31.0 Å². The zero-order valence-electron chi connectivity index (χ0n) is 15.3. The van der Waals surface area contributed by atoms with Crippen LogP contribution in [0.5, 0.6) is 0 Å². The summed E-state index contributed by atoms with van der Waals surface area (Å²) < 4.78 is 0. The van der Waals surface area contributed by atoms with E-state index in [4.69, 9.17) is 0 Å². The maximum Gasteiger partial charge on any atom is 0.251 e. The van der Waals surface area contributed by atoms with E-state index in [9.17, 15) is 9.59 Å². The van der Waals surface area contributed by atoms with E-state index in [1.54, 1.807) is 0 Å². The third-order valence-electron chi connectivity index (χ3n) is 5.38. The molecule has 0 aromatic heterocycles. The fourth-order valence-corrected chi connectivity index (χ4v) is 3.94. The molecule has 5 heteroatoms. The van der Waals surface area contributed by atoms with Crippen molar-refractivity contribution in [2.75, 3.05) is 25.5 Å². The molecule has 136 valence electrons. The van der Waals surface area contributed by atoms with Crippen molar-refractivity contribution in [1.82, 2.24) is 10.2 Å². The summed E-state index contributed by atoms with van der Waals surface area (Å²) in [6, 6.07) is 7.86. The second-order valence-corrected chi connectivity index (χ2v) is 7.51. The zero-order valence-corrected chi connectivity index (χ0v) is 15.3. The van der Waals surface area contributed by atoms with Gasteiger partial charge in [-0.3, -0.25) is 9.59 Å². The minimum Gasteiger partial charge on any atom is -0.378 e. The highest BCUT2D eigenvalue weighted by Crippen LogP contribution is 2.26. The summed E-state index contributed by atoms with van der Waals surface area (Å²) in [5.41, 5.74) is 1.64. The second-order valence-electron chi connectivity index (χ2n) is 7.51. The molecule has 1 atom stereocenters. The van der Waals surface area contributed by atoms with E-state index in [1.807, 2.05) is 48.2 Å². The molecule has 2 fully saturated rings. The molecule has 1 unspecified atom stereocenters. The van der Waals surface area contributed by atoms with Crippen molar-refractivity contribution < 1.29 is 9.59 Å². The number of likely N-dealkylation sites (tertiary alicyclic amines) is 1. The Morgan fingerprint density at radius 2 is 1.88 bits per heavy atom. The first-order valence-electron chi connectivity index (χ1n) is 9.42. The number of carbonyl (C=O) groups excluding carboxylic acids is 2. The number of hydrogen-bond donors (Lipinski definition) is 1. The Balaban J connectivity index is 1.61. The largest absolute Gasteiger partial charge is 0.378 e. The summed E-state index contributed by atoms with van der Waals surface area (Å²) in [5.74, 6) is 0.100. The molecular formula is C20H29N3O2. The van der Waals surface area contributed by atoms with Crippen LogP contribution >= 0.6 is 0 Å². The lowest BCUT2D eigenvalue weighted by molar-refractivity contribution is -0.129. The van der Waals surface area contributed by atoms with Crippen molar-refractivity contribution in [2.45, 2.75) is 57.0 Å². The van der Waals surface area contributed by atoms with Gasteiger partial charge in [0.25, 0.3) is 5.91 Å². The summed E-state index contributed by atoms with van der Waals surface area (Å²) in [4.78, 5) is 29.0. The summed E-state index contributed by atoms with van der Waals surface area (Å²) in [6.07, 6.45) is 7.62. The average molecular weight is 343 g/mol. The fourth-order valence-electron chi connectivity index (χ4n) is 3.94. The predicted molar refractivity (Wildman–Crippen MR) is 99.8 cm³/mol. The van der Waals surface area contributed by atoms with Crippen molar-refractivity contribution in [3.8, 4) is 0 Å². The van der Waals surface area contributed by atoms with Crippen LogP contribution in [0.3, 0.4) is 0 Å². The first kappa shape index (κ1) is 17.8. The summed E-state index contributed by atoms with van der Waals surface area (Å²) in [5, 5.41) is 3.06. The van der Waals surface area contributed by atoms with Crippen LogP contribution in [0.1, 0.15) is 55.3 Å². The maximum atomic E-state index is 12.6. The SMILES string of the molecule is CN(C)c1cccc(C(=O)NC2CC(=O)N(C3CCCCCC3)C2)c1. The number of benzene rings is 1. The van der Waals surface area contributed by atoms with E-state index >= 15 is 0 Å². The molecule has 0 spiro atoms. The van der Waals surface area contributed by atoms with Crippen LogP contribution in [0.25, 0.3) is 0 Å². The lowest BCUT2D eigenvalue weighted by Crippen LogP contribution is -2.40. The molecule has 2 amide bonds. The minimum atomic E-state index is -0.0933. The number of nitrogens with zero attached hydrogens (tertiary/aromatic N) is 2. The summed E-state index contributed by atoms with van der Waals surface area (Å²) >= 11 is 0. The van der Waals surface area contributed by atoms with E-state index in [2.05, 4.69) is 5.32 Å². The van der Waals surface area contributed by atoms with Crippen LogP contribution in [-0.2, 0) is 4.79 Å². The van der Waals surface area contributed by atoms with Crippen molar-refractivity contribution in [3.05, 3.63) is 29.8 Å². The monoisotopic (exact) mass is 343 g/mol. The second kappa shape index (κ2) is 7.89. The Morgan fingerprint density at radius 3 is 2.56 bits per heavy atom. The lowest BCUT2D eigenvalue weighted by atomic mass is 10.1. The lowest BCUT2D eigenvalue weighted by Gasteiger charge is -2.27. The third-order valence-corrected chi connectivity index (χ3v) is 5.38. The van der Waals surface area contributed by atoms with Gasteiger partial charge in [-0.25, -0.2) is 0 Å². The van der Waals surface area contributed by atoms with Crippen LogP contribution in [0.4, 0.5) is 5.69 Å². The first-order valence-corrected chi connectivity index (χ1v) is 9.42. The molecule has 25 heavy (non-hydrogen) atoms. The van der Waals surface area contributed by atoms with Crippen molar-refractivity contribution >= 4 is 17.5 Å². The Bertz CT molecular complexity index is 621. The molecule has 1 aliphatic heterocycles. The topological polar surface area (TPSA) is 52.7 Å². The highest BCUT2D eigenvalue weighted by atomic mass is 16.2. The Hall–Kier alpha value is -2.04. The van der Waals surface area contributed by atoms with Gasteiger partial charge in [-0.15, -0.1) is 0 Å². The predicted octanol–water partition coefficient (Wildman–Crippen LogP) is 2.81. The van der Waals surface area contributed by atoms with E-state index < -0.39 is 0 Å². The van der Waals surface area contributed by atoms with Crippen molar-refractivity contribution in [1.29, 1.82) is 0 Å². The number of carbonyl (C=O) groups is 2. The van der Waals surface area contributed by atoms with Gasteiger partial charge in [0.2, 0.25) is 5.91 Å². The number of nitrogens with one attached hydrogen (secondary N) is 1. The van der Waals surface area contributed by atoms with Gasteiger partial charge in [0.1, 0.15) is 0 Å². The molecule has 1 N–H and O–H groups in total. The van der Waals surface area contributed by atoms with Crippen LogP contribution in [0.15, 0.2) is 24.3 Å². The molecular weight excluding hydrogens is 314 g/mol. The van der Waals surface area contributed by atoms with E-state index in [-0.39, 0.29) is 17.9 Å². The quantitative estimate of drug-likeness (QED) is 0.856. The minimum absolute atomic E-state index is 0.0775. The molecule has 1 saturated heterocycles. The Labute approximate surface area is 150 Å². The summed E-state index contributed by atoms with van der Waals surface area (Å²) in [7, 11) is 3.91. The smallest absolute Gasteiger partial charge is 0.251 e. The van der Waals surface area contributed by atoms with Gasteiger partial charge >= 0.3 is 0 Å². The molecule has 2 aliphatic rings. The Morgan fingerprint density at radius 1 is 1.16 bits per heavy atom. The average Bonchev–Trinajstić information content (AvgIpc) is 2.80. The zero-order chi connectivity index (χ0) is 17.8. The molecule has 1 heterocycles. The van der Waals surface area contributed by atoms with Gasteiger partial charge < -0.3 is 15.1 Å². The van der Waals surface area contributed by atoms with E-state index in [0.29, 0.717) is 24.6 Å². The Kier molecular flexibility index (Phi) is 5.61. The molecule has 1 saturated carbocycles. The van der Waals surface area contributed by atoms with Crippen LogP contribution in [0, 0.1) is 0 Å². The molecule has 1 aromatic rings. The fraction of sp³-hybridized carbons (Fsp3) is 0.600. The van der Waals surface area contributed by atoms with Gasteiger partial charge in [-0.2, -0.15) is 0 Å². The molecule has 3 rings (SSSR count). The van der Waals surface area contributed by atoms with Gasteiger partial charge in [0.05, 0.1) is 6.04 Å². The summed E-state index contributed by atoms with van der Waals surface area (Å²) in [6.45, 7) is 0.655. The van der Waals surface area contributed by atoms with Gasteiger partial charge in [-0.1, -0.05) is 31.7 Å². The number of amides is 2. The van der Waals surface area contributed by atoms with E-state index in [1.165, 1.54) is 25.7 Å². The molecule has 0 bridgehead atoms. The maximum absolute atomic E-state index is 12.6.